The van der Waals surface area contributed by atoms with Crippen molar-refractivity contribution in [1.29, 1.82) is 0 Å². The molecule has 0 unspecified atom stereocenters. The molecule has 0 aliphatic carbocycles. The number of epoxide rings is 1. The van der Waals surface area contributed by atoms with Crippen molar-refractivity contribution in [2.45, 2.75) is 19.1 Å². The molecule has 0 N–H and O–H groups in total. The predicted octanol–water partition coefficient (Wildman–Crippen LogP) is 3.24. The van der Waals surface area contributed by atoms with E-state index in [1.807, 2.05) is 18.2 Å². The van der Waals surface area contributed by atoms with Gasteiger partial charge in [0.1, 0.15) is 12.2 Å². The van der Waals surface area contributed by atoms with Gasteiger partial charge >= 0.3 is 0 Å². The highest BCUT2D eigenvalue weighted by Crippen LogP contribution is 2.40. The molecule has 2 nitrogen and oxygen atoms in total. The summed E-state index contributed by atoms with van der Waals surface area (Å²) in [6.07, 6.45) is -0.294. The van der Waals surface area contributed by atoms with Crippen LogP contribution in [0.3, 0.4) is 0 Å². The maximum absolute atomic E-state index is 11.0. The van der Waals surface area contributed by atoms with E-state index < -0.39 is 0 Å². The topological polar surface area (TPSA) is 29.6 Å². The number of ether oxygens (including phenoxy) is 1. The van der Waals surface area contributed by atoms with Gasteiger partial charge in [0.15, 0.2) is 5.78 Å². The molecule has 1 saturated heterocycles. The first kappa shape index (κ1) is 10.3. The highest BCUT2D eigenvalue weighted by atomic mass is 79.9. The van der Waals surface area contributed by atoms with Crippen molar-refractivity contribution in [3.63, 3.8) is 0 Å². The summed E-state index contributed by atoms with van der Waals surface area (Å²) in [5, 5.41) is 0. The molecule has 1 aromatic rings. The number of carbonyl (C=O) groups excluding carboxylic acids is 1. The maximum atomic E-state index is 11.0. The fraction of sp³-hybridized carbons (Fsp3) is 0.300. The number of hydrogen-bond donors (Lipinski definition) is 0. The number of Topliss-reactive ketones (excluding diaryl/α,β-unsaturated/α-hetero) is 1. The summed E-state index contributed by atoms with van der Waals surface area (Å²) in [6, 6.07) is 5.89. The average Bonchev–Trinajstić information content (AvgIpc) is 2.79. The highest BCUT2D eigenvalue weighted by Gasteiger charge is 2.43. The first-order valence-electron chi connectivity index (χ1n) is 4.20. The van der Waals surface area contributed by atoms with Gasteiger partial charge in [0.05, 0.1) is 0 Å². The largest absolute Gasteiger partial charge is 0.356 e. The van der Waals surface area contributed by atoms with Crippen molar-refractivity contribution in [3.8, 4) is 0 Å². The lowest BCUT2D eigenvalue weighted by Gasteiger charge is -1.98. The molecule has 0 radical (unpaired) electrons. The van der Waals surface area contributed by atoms with Gasteiger partial charge in [-0.1, -0.05) is 31.9 Å². The van der Waals surface area contributed by atoms with E-state index in [0.29, 0.717) is 0 Å². The number of rotatable bonds is 2. The van der Waals surface area contributed by atoms with Gasteiger partial charge < -0.3 is 4.74 Å². The Morgan fingerprint density at radius 2 is 1.86 bits per heavy atom. The summed E-state index contributed by atoms with van der Waals surface area (Å²) in [7, 11) is 0. The summed E-state index contributed by atoms with van der Waals surface area (Å²) in [6.45, 7) is 1.55. The third-order valence-corrected chi connectivity index (χ3v) is 3.02. The van der Waals surface area contributed by atoms with Gasteiger partial charge in [0.25, 0.3) is 0 Å². The number of benzene rings is 1. The molecule has 0 amide bonds. The van der Waals surface area contributed by atoms with Crippen molar-refractivity contribution in [2.24, 2.45) is 0 Å². The zero-order valence-corrected chi connectivity index (χ0v) is 10.6. The fourth-order valence-corrected chi connectivity index (χ4v) is 2.74. The Hall–Kier alpha value is -0.190. The normalized spacial score (nSPS) is 24.8. The molecular formula is C10H8Br2O2. The van der Waals surface area contributed by atoms with E-state index in [-0.39, 0.29) is 18.0 Å². The molecule has 0 bridgehead atoms. The van der Waals surface area contributed by atoms with E-state index in [2.05, 4.69) is 31.9 Å². The van der Waals surface area contributed by atoms with E-state index >= 15 is 0 Å². The van der Waals surface area contributed by atoms with E-state index in [0.717, 1.165) is 14.5 Å². The van der Waals surface area contributed by atoms with Crippen LogP contribution in [0.5, 0.6) is 0 Å². The first-order valence-corrected chi connectivity index (χ1v) is 5.78. The van der Waals surface area contributed by atoms with Crippen LogP contribution in [0.25, 0.3) is 0 Å². The molecule has 1 fully saturated rings. The second-order valence-corrected chi connectivity index (χ2v) is 5.12. The fourth-order valence-electron chi connectivity index (χ4n) is 1.41. The van der Waals surface area contributed by atoms with Gasteiger partial charge in [-0.15, -0.1) is 0 Å². The minimum Gasteiger partial charge on any atom is -0.356 e. The highest BCUT2D eigenvalue weighted by molar-refractivity contribution is 9.11. The molecule has 0 aromatic heterocycles. The monoisotopic (exact) mass is 318 g/mol. The molecule has 2 atom stereocenters. The summed E-state index contributed by atoms with van der Waals surface area (Å²) >= 11 is 6.79. The molecule has 1 aliphatic heterocycles. The zero-order chi connectivity index (χ0) is 10.3. The SMILES string of the molecule is CC(=O)[C@H]1O[C@H]1c1cc(Br)cc(Br)c1. The molecule has 1 aliphatic rings. The molecule has 0 spiro atoms. The van der Waals surface area contributed by atoms with Gasteiger partial charge in [-0.25, -0.2) is 0 Å². The van der Waals surface area contributed by atoms with Crippen molar-refractivity contribution < 1.29 is 9.53 Å². The van der Waals surface area contributed by atoms with Crippen LogP contribution < -0.4 is 0 Å². The standard InChI is InChI=1S/C10H8Br2O2/c1-5(13)9-10(14-9)6-2-7(11)4-8(12)3-6/h2-4,9-10H,1H3/t9-,10+/m1/s1. The lowest BCUT2D eigenvalue weighted by atomic mass is 10.1. The average molecular weight is 320 g/mol. The number of ketones is 1. The lowest BCUT2D eigenvalue weighted by Crippen LogP contribution is -2.00. The summed E-state index contributed by atoms with van der Waals surface area (Å²) in [4.78, 5) is 11.0. The number of carbonyl (C=O) groups is 1. The molecule has 74 valence electrons. The van der Waals surface area contributed by atoms with Gasteiger partial charge in [0, 0.05) is 8.95 Å². The molecule has 14 heavy (non-hydrogen) atoms. The van der Waals surface area contributed by atoms with Crippen molar-refractivity contribution >= 4 is 37.6 Å². The first-order chi connectivity index (χ1) is 6.58. The van der Waals surface area contributed by atoms with E-state index in [1.165, 1.54) is 0 Å². The minimum absolute atomic E-state index is 0.0544. The molecular weight excluding hydrogens is 312 g/mol. The van der Waals surface area contributed by atoms with Crippen LogP contribution >= 0.6 is 31.9 Å². The number of hydrogen-bond acceptors (Lipinski definition) is 2. The Morgan fingerprint density at radius 1 is 1.29 bits per heavy atom. The van der Waals surface area contributed by atoms with Gasteiger partial charge in [-0.05, 0) is 30.7 Å². The molecule has 4 heteroatoms. The smallest absolute Gasteiger partial charge is 0.161 e. The van der Waals surface area contributed by atoms with Crippen molar-refractivity contribution in [1.82, 2.24) is 0 Å². The lowest BCUT2D eigenvalue weighted by molar-refractivity contribution is -0.118. The Bertz CT molecular complexity index is 369. The van der Waals surface area contributed by atoms with Crippen molar-refractivity contribution in [2.75, 3.05) is 0 Å². The predicted molar refractivity (Wildman–Crippen MR) is 60.1 cm³/mol. The Kier molecular flexibility index (Phi) is 2.77. The Balaban J connectivity index is 2.23. The van der Waals surface area contributed by atoms with Crippen LogP contribution in [0.15, 0.2) is 27.1 Å². The van der Waals surface area contributed by atoms with Gasteiger partial charge in [0.2, 0.25) is 0 Å². The summed E-state index contributed by atoms with van der Waals surface area (Å²) < 4.78 is 7.25. The van der Waals surface area contributed by atoms with E-state index in [1.54, 1.807) is 6.92 Å². The Morgan fingerprint density at radius 3 is 2.29 bits per heavy atom. The zero-order valence-electron chi connectivity index (χ0n) is 7.46. The van der Waals surface area contributed by atoms with Crippen LogP contribution in [0.1, 0.15) is 18.6 Å². The third-order valence-electron chi connectivity index (χ3n) is 2.11. The van der Waals surface area contributed by atoms with E-state index in [9.17, 15) is 4.79 Å². The summed E-state index contributed by atoms with van der Waals surface area (Å²) in [5.74, 6) is 0.0890. The second-order valence-electron chi connectivity index (χ2n) is 3.29. The quantitative estimate of drug-likeness (QED) is 0.783. The van der Waals surface area contributed by atoms with E-state index in [4.69, 9.17) is 4.74 Å². The van der Waals surface area contributed by atoms with Crippen LogP contribution in [0.2, 0.25) is 0 Å². The molecule has 2 rings (SSSR count). The third kappa shape index (κ3) is 2.07. The second kappa shape index (κ2) is 3.76. The van der Waals surface area contributed by atoms with Gasteiger partial charge in [-0.2, -0.15) is 0 Å². The molecule has 1 aromatic carbocycles. The van der Waals surface area contributed by atoms with Crippen molar-refractivity contribution in [3.05, 3.63) is 32.7 Å². The summed E-state index contributed by atoms with van der Waals surface area (Å²) in [5.41, 5.74) is 1.03. The molecule has 1 heterocycles. The Labute approximate surface area is 98.9 Å². The minimum atomic E-state index is -0.240. The number of halogens is 2. The van der Waals surface area contributed by atoms with Gasteiger partial charge in [-0.3, -0.25) is 4.79 Å². The van der Waals surface area contributed by atoms with Crippen LogP contribution in [0, 0.1) is 0 Å². The van der Waals surface area contributed by atoms with Crippen LogP contribution in [-0.4, -0.2) is 11.9 Å². The van der Waals surface area contributed by atoms with Crippen LogP contribution in [-0.2, 0) is 9.53 Å². The maximum Gasteiger partial charge on any atom is 0.161 e. The van der Waals surface area contributed by atoms with Crippen LogP contribution in [0.4, 0.5) is 0 Å². The molecule has 0 saturated carbocycles.